The number of carbonyl (C=O) groups is 3. The van der Waals surface area contributed by atoms with Gasteiger partial charge in [0.2, 0.25) is 0 Å². The average molecular weight is 380 g/mol. The maximum atomic E-state index is 11.9. The van der Waals surface area contributed by atoms with Crippen LogP contribution in [0.3, 0.4) is 0 Å². The number of hydrogen-bond acceptors (Lipinski definition) is 6. The summed E-state index contributed by atoms with van der Waals surface area (Å²) < 4.78 is 16.7. The van der Waals surface area contributed by atoms with E-state index >= 15 is 0 Å². The summed E-state index contributed by atoms with van der Waals surface area (Å²) in [6.07, 6.45) is 1.18. The zero-order valence-corrected chi connectivity index (χ0v) is 17.3. The van der Waals surface area contributed by atoms with Crippen molar-refractivity contribution in [3.8, 4) is 0 Å². The molecule has 27 heavy (non-hydrogen) atoms. The predicted molar refractivity (Wildman–Crippen MR) is 99.6 cm³/mol. The van der Waals surface area contributed by atoms with Gasteiger partial charge in [0.25, 0.3) is 0 Å². The zero-order chi connectivity index (χ0) is 20.6. The first kappa shape index (κ1) is 21.5. The van der Waals surface area contributed by atoms with Crippen LogP contribution in [0.4, 0.5) is 0 Å². The van der Waals surface area contributed by atoms with E-state index in [9.17, 15) is 14.4 Å². The lowest BCUT2D eigenvalue weighted by molar-refractivity contribution is -0.224. The molecule has 0 N–H and O–H groups in total. The van der Waals surface area contributed by atoms with Crippen molar-refractivity contribution >= 4 is 17.9 Å². The van der Waals surface area contributed by atoms with Gasteiger partial charge in [0, 0.05) is 32.1 Å². The van der Waals surface area contributed by atoms with E-state index in [1.807, 2.05) is 0 Å². The fraction of sp³-hybridized carbons (Fsp3) is 0.762. The lowest BCUT2D eigenvalue weighted by atomic mass is 9.46. The summed E-state index contributed by atoms with van der Waals surface area (Å²) in [5, 5.41) is 0. The molecule has 0 amide bonds. The second kappa shape index (κ2) is 7.64. The summed E-state index contributed by atoms with van der Waals surface area (Å²) in [6, 6.07) is 0. The summed E-state index contributed by atoms with van der Waals surface area (Å²) in [7, 11) is 0. The van der Waals surface area contributed by atoms with Gasteiger partial charge < -0.3 is 14.2 Å². The molecule has 0 spiro atoms. The maximum Gasteiger partial charge on any atom is 0.303 e. The first-order valence-electron chi connectivity index (χ1n) is 9.55. The van der Waals surface area contributed by atoms with Gasteiger partial charge in [-0.1, -0.05) is 32.9 Å². The Morgan fingerprint density at radius 3 is 2.15 bits per heavy atom. The molecular formula is C21H32O6. The van der Waals surface area contributed by atoms with E-state index in [2.05, 4.69) is 27.4 Å². The Bertz CT molecular complexity index is 637. The Labute approximate surface area is 161 Å². The van der Waals surface area contributed by atoms with Crippen LogP contribution in [-0.2, 0) is 28.6 Å². The molecule has 1 unspecified atom stereocenters. The summed E-state index contributed by atoms with van der Waals surface area (Å²) in [4.78, 5) is 35.1. The largest absolute Gasteiger partial charge is 0.465 e. The van der Waals surface area contributed by atoms with Crippen LogP contribution in [0.1, 0.15) is 60.8 Å². The van der Waals surface area contributed by atoms with Crippen LogP contribution in [0.25, 0.3) is 0 Å². The van der Waals surface area contributed by atoms with Crippen LogP contribution < -0.4 is 0 Å². The minimum atomic E-state index is -0.616. The monoisotopic (exact) mass is 380 g/mol. The topological polar surface area (TPSA) is 78.9 Å². The van der Waals surface area contributed by atoms with Gasteiger partial charge in [0.15, 0.2) is 0 Å². The van der Waals surface area contributed by atoms with Gasteiger partial charge >= 0.3 is 17.9 Å². The number of rotatable bonds is 4. The molecule has 2 aliphatic rings. The lowest BCUT2D eigenvalue weighted by Crippen LogP contribution is -2.64. The highest BCUT2D eigenvalue weighted by Gasteiger charge is 2.63. The molecule has 0 bridgehead atoms. The Balaban J connectivity index is 2.54. The van der Waals surface area contributed by atoms with Crippen LogP contribution >= 0.6 is 0 Å². The first-order chi connectivity index (χ1) is 12.4. The molecule has 152 valence electrons. The van der Waals surface area contributed by atoms with Crippen LogP contribution in [-0.4, -0.2) is 36.7 Å². The van der Waals surface area contributed by atoms with Crippen molar-refractivity contribution in [3.63, 3.8) is 0 Å². The number of fused-ring (bicyclic) bond motifs is 1. The SMILES string of the molecule is C=C1CCC2C(C)(C)C[C@H](OC(C)=O)[C@H](OC(C)=O)[C@]2(C)[C@H]1COC(C)=O. The summed E-state index contributed by atoms with van der Waals surface area (Å²) >= 11 is 0. The third-order valence-electron chi connectivity index (χ3n) is 6.43. The van der Waals surface area contributed by atoms with Crippen LogP contribution in [0.5, 0.6) is 0 Å². The van der Waals surface area contributed by atoms with Crippen molar-refractivity contribution in [2.75, 3.05) is 6.61 Å². The van der Waals surface area contributed by atoms with Gasteiger partial charge in [0.1, 0.15) is 12.2 Å². The van der Waals surface area contributed by atoms with Crippen molar-refractivity contribution in [2.45, 2.75) is 73.0 Å². The molecule has 0 aliphatic heterocycles. The smallest absolute Gasteiger partial charge is 0.303 e. The molecule has 2 saturated carbocycles. The van der Waals surface area contributed by atoms with Crippen LogP contribution in [0.2, 0.25) is 0 Å². The standard InChI is InChI=1S/C21H32O6/c1-12-8-9-18-20(5,6)10-17(26-14(3)23)19(27-15(4)24)21(18,7)16(12)11-25-13(2)22/h16-19H,1,8-11H2,2-7H3/t16-,17-,18?,19-,21+/m0/s1. The van der Waals surface area contributed by atoms with Gasteiger partial charge in [-0.05, 0) is 30.6 Å². The van der Waals surface area contributed by atoms with Crippen molar-refractivity contribution in [1.29, 1.82) is 0 Å². The fourth-order valence-electron chi connectivity index (χ4n) is 5.49. The van der Waals surface area contributed by atoms with Crippen molar-refractivity contribution in [3.05, 3.63) is 12.2 Å². The number of carbonyl (C=O) groups excluding carboxylic acids is 3. The molecule has 6 nitrogen and oxygen atoms in total. The Morgan fingerprint density at radius 2 is 1.63 bits per heavy atom. The van der Waals surface area contributed by atoms with Gasteiger partial charge in [-0.2, -0.15) is 0 Å². The first-order valence-corrected chi connectivity index (χ1v) is 9.55. The highest BCUT2D eigenvalue weighted by molar-refractivity contribution is 5.67. The van der Waals surface area contributed by atoms with E-state index in [0.717, 1.165) is 18.4 Å². The minimum absolute atomic E-state index is 0.138. The van der Waals surface area contributed by atoms with E-state index in [0.29, 0.717) is 6.42 Å². The molecular weight excluding hydrogens is 348 g/mol. The molecule has 2 rings (SSSR count). The Kier molecular flexibility index (Phi) is 6.07. The molecule has 0 heterocycles. The van der Waals surface area contributed by atoms with E-state index < -0.39 is 29.6 Å². The zero-order valence-electron chi connectivity index (χ0n) is 17.3. The second-order valence-electron chi connectivity index (χ2n) is 8.84. The molecule has 0 aromatic carbocycles. The van der Waals surface area contributed by atoms with Crippen molar-refractivity contribution in [1.82, 2.24) is 0 Å². The molecule has 0 radical (unpaired) electrons. The molecule has 5 atom stereocenters. The van der Waals surface area contributed by atoms with E-state index in [1.54, 1.807) is 0 Å². The highest BCUT2D eigenvalue weighted by Crippen LogP contribution is 2.62. The molecule has 0 aromatic heterocycles. The normalized spacial score (nSPS) is 35.0. The summed E-state index contributed by atoms with van der Waals surface area (Å²) in [5.74, 6) is -1.15. The Hall–Kier alpha value is -1.85. The third kappa shape index (κ3) is 4.19. The molecule has 2 fully saturated rings. The van der Waals surface area contributed by atoms with Gasteiger partial charge in [0.05, 0.1) is 6.61 Å². The number of ether oxygens (including phenoxy) is 3. The van der Waals surface area contributed by atoms with Gasteiger partial charge in [-0.15, -0.1) is 0 Å². The highest BCUT2D eigenvalue weighted by atomic mass is 16.6. The van der Waals surface area contributed by atoms with Gasteiger partial charge in [-0.3, -0.25) is 14.4 Å². The van der Waals surface area contributed by atoms with E-state index in [-0.39, 0.29) is 29.8 Å². The fourth-order valence-corrected chi connectivity index (χ4v) is 5.49. The van der Waals surface area contributed by atoms with Gasteiger partial charge in [-0.25, -0.2) is 0 Å². The predicted octanol–water partition coefficient (Wildman–Crippen LogP) is 3.43. The minimum Gasteiger partial charge on any atom is -0.465 e. The lowest BCUT2D eigenvalue weighted by Gasteiger charge is -2.61. The maximum absolute atomic E-state index is 11.9. The molecule has 0 aromatic rings. The molecule has 0 saturated heterocycles. The molecule has 2 aliphatic carbocycles. The van der Waals surface area contributed by atoms with Crippen LogP contribution in [0, 0.1) is 22.7 Å². The van der Waals surface area contributed by atoms with E-state index in [4.69, 9.17) is 14.2 Å². The average Bonchev–Trinajstić information content (AvgIpc) is 2.49. The third-order valence-corrected chi connectivity index (χ3v) is 6.43. The number of hydrogen-bond donors (Lipinski definition) is 0. The van der Waals surface area contributed by atoms with E-state index in [1.165, 1.54) is 20.8 Å². The summed E-state index contributed by atoms with van der Waals surface area (Å²) in [5.41, 5.74) is 0.283. The quantitative estimate of drug-likeness (QED) is 0.422. The second-order valence-corrected chi connectivity index (χ2v) is 8.84. The van der Waals surface area contributed by atoms with Crippen LogP contribution in [0.15, 0.2) is 12.2 Å². The molecule has 6 heteroatoms. The van der Waals surface area contributed by atoms with Crippen molar-refractivity contribution < 1.29 is 28.6 Å². The Morgan fingerprint density at radius 1 is 1.04 bits per heavy atom. The summed E-state index contributed by atoms with van der Waals surface area (Å²) in [6.45, 7) is 14.9. The number of esters is 3. The van der Waals surface area contributed by atoms with Crippen molar-refractivity contribution in [2.24, 2.45) is 22.7 Å².